The zero-order chi connectivity index (χ0) is 21.6. The third kappa shape index (κ3) is 5.58. The highest BCUT2D eigenvalue weighted by atomic mass is 32.2. The Bertz CT molecular complexity index is 1110. The molecule has 2 aromatic carbocycles. The minimum Gasteiger partial charge on any atom is -0.325 e. The van der Waals surface area contributed by atoms with Gasteiger partial charge in [0, 0.05) is 24.3 Å². The van der Waals surface area contributed by atoms with E-state index in [9.17, 15) is 14.0 Å². The van der Waals surface area contributed by atoms with E-state index < -0.39 is 0 Å². The predicted molar refractivity (Wildman–Crippen MR) is 119 cm³/mol. The van der Waals surface area contributed by atoms with Crippen LogP contribution in [0.15, 0.2) is 53.7 Å². The molecule has 31 heavy (non-hydrogen) atoms. The molecule has 1 saturated heterocycles. The maximum absolute atomic E-state index is 12.9. The van der Waals surface area contributed by atoms with Crippen molar-refractivity contribution in [2.75, 3.05) is 22.5 Å². The molecule has 1 aromatic heterocycles. The second kappa shape index (κ2) is 9.57. The highest BCUT2D eigenvalue weighted by Crippen LogP contribution is 2.24. The summed E-state index contributed by atoms with van der Waals surface area (Å²) < 4.78 is 12.9. The van der Waals surface area contributed by atoms with Gasteiger partial charge in [0.2, 0.25) is 17.0 Å². The molecule has 0 radical (unpaired) electrons. The van der Waals surface area contributed by atoms with Gasteiger partial charge in [-0.25, -0.2) is 9.37 Å². The van der Waals surface area contributed by atoms with Crippen LogP contribution in [-0.2, 0) is 9.59 Å². The first-order chi connectivity index (χ1) is 15.1. The number of rotatable bonds is 7. The number of anilines is 2. The number of thioether (sulfide) groups is 1. The number of carbonyl (C=O) groups is 2. The van der Waals surface area contributed by atoms with Crippen LogP contribution in [0.3, 0.4) is 0 Å². The zero-order valence-electron chi connectivity index (χ0n) is 16.5. The van der Waals surface area contributed by atoms with Gasteiger partial charge in [-0.05, 0) is 48.4 Å². The maximum atomic E-state index is 12.9. The summed E-state index contributed by atoms with van der Waals surface area (Å²) in [4.78, 5) is 30.3. The molecule has 2 heterocycles. The van der Waals surface area contributed by atoms with E-state index in [4.69, 9.17) is 0 Å². The van der Waals surface area contributed by atoms with E-state index in [-0.39, 0.29) is 23.4 Å². The molecule has 0 bridgehead atoms. The van der Waals surface area contributed by atoms with E-state index in [0.29, 0.717) is 29.6 Å². The number of nitrogens with zero attached hydrogens (tertiary/aromatic N) is 3. The van der Waals surface area contributed by atoms with Crippen molar-refractivity contribution in [3.05, 3.63) is 65.7 Å². The van der Waals surface area contributed by atoms with E-state index in [1.807, 2.05) is 12.1 Å². The fourth-order valence-electron chi connectivity index (χ4n) is 3.15. The van der Waals surface area contributed by atoms with Crippen molar-refractivity contribution in [1.82, 2.24) is 15.2 Å². The number of H-pyrrole nitrogens is 1. The van der Waals surface area contributed by atoms with E-state index in [2.05, 4.69) is 20.5 Å². The smallest absolute Gasteiger partial charge is 0.234 e. The summed E-state index contributed by atoms with van der Waals surface area (Å²) >= 11 is 1.21. The molecule has 1 aliphatic rings. The normalized spacial score (nSPS) is 13.8. The van der Waals surface area contributed by atoms with Crippen molar-refractivity contribution in [3.8, 4) is 0 Å². The average molecular weight is 438 g/mol. The lowest BCUT2D eigenvalue weighted by Gasteiger charge is -2.16. The second-order valence-electron chi connectivity index (χ2n) is 6.92. The van der Waals surface area contributed by atoms with Crippen LogP contribution < -0.4 is 10.2 Å². The van der Waals surface area contributed by atoms with E-state index >= 15 is 0 Å². The van der Waals surface area contributed by atoms with Gasteiger partial charge in [-0.1, -0.05) is 36.0 Å². The van der Waals surface area contributed by atoms with Crippen molar-refractivity contribution in [2.24, 2.45) is 0 Å². The Morgan fingerprint density at radius 1 is 1.23 bits per heavy atom. The van der Waals surface area contributed by atoms with Gasteiger partial charge in [0.25, 0.3) is 0 Å². The highest BCUT2D eigenvalue weighted by Gasteiger charge is 2.21. The Balaban J connectivity index is 1.29. The number of nitrogens with one attached hydrogen (secondary N) is 2. The number of aromatic nitrogens is 3. The van der Waals surface area contributed by atoms with Crippen LogP contribution in [0.2, 0.25) is 0 Å². The highest BCUT2D eigenvalue weighted by molar-refractivity contribution is 7.99. The molecule has 3 aromatic rings. The Morgan fingerprint density at radius 2 is 2.06 bits per heavy atom. The molecule has 1 aliphatic heterocycles. The molecule has 2 N–H and O–H groups in total. The molecular formula is C22H20FN5O2S. The lowest BCUT2D eigenvalue weighted by atomic mass is 10.2. The molecule has 0 spiro atoms. The summed E-state index contributed by atoms with van der Waals surface area (Å²) in [7, 11) is 0. The average Bonchev–Trinajstić information content (AvgIpc) is 3.41. The van der Waals surface area contributed by atoms with Crippen LogP contribution in [-0.4, -0.2) is 39.3 Å². The molecule has 0 atom stereocenters. The fourth-order valence-corrected chi connectivity index (χ4v) is 3.75. The van der Waals surface area contributed by atoms with E-state index in [0.717, 1.165) is 17.7 Å². The van der Waals surface area contributed by atoms with Crippen molar-refractivity contribution in [1.29, 1.82) is 0 Å². The minimum atomic E-state index is -0.287. The molecule has 7 nitrogen and oxygen atoms in total. The predicted octanol–water partition coefficient (Wildman–Crippen LogP) is 3.97. The Labute approximate surface area is 182 Å². The molecule has 0 unspecified atom stereocenters. The van der Waals surface area contributed by atoms with Crippen LogP contribution >= 0.6 is 11.8 Å². The number of aromatic amines is 1. The number of hydrogen-bond acceptors (Lipinski definition) is 5. The third-order valence-corrected chi connectivity index (χ3v) is 5.48. The summed E-state index contributed by atoms with van der Waals surface area (Å²) in [6.45, 7) is 0.703. The maximum Gasteiger partial charge on any atom is 0.234 e. The number of benzene rings is 2. The zero-order valence-corrected chi connectivity index (χ0v) is 17.4. The van der Waals surface area contributed by atoms with Gasteiger partial charge in [0.05, 0.1) is 5.75 Å². The van der Waals surface area contributed by atoms with E-state index in [1.54, 1.807) is 41.3 Å². The largest absolute Gasteiger partial charge is 0.325 e. The fraction of sp³-hybridized carbons (Fsp3) is 0.182. The summed E-state index contributed by atoms with van der Waals surface area (Å²) in [5.74, 6) is 0.308. The van der Waals surface area contributed by atoms with Crippen LogP contribution in [0.4, 0.5) is 15.8 Å². The van der Waals surface area contributed by atoms with Gasteiger partial charge >= 0.3 is 0 Å². The Morgan fingerprint density at radius 3 is 2.84 bits per heavy atom. The molecule has 0 saturated carbocycles. The van der Waals surface area contributed by atoms with Crippen molar-refractivity contribution in [2.45, 2.75) is 18.0 Å². The summed E-state index contributed by atoms with van der Waals surface area (Å²) in [6.07, 6.45) is 4.93. The van der Waals surface area contributed by atoms with Crippen LogP contribution in [0.25, 0.3) is 12.2 Å². The first-order valence-corrected chi connectivity index (χ1v) is 10.7. The van der Waals surface area contributed by atoms with Crippen molar-refractivity contribution < 1.29 is 14.0 Å². The summed E-state index contributed by atoms with van der Waals surface area (Å²) in [6, 6.07) is 13.4. The van der Waals surface area contributed by atoms with Gasteiger partial charge in [-0.15, -0.1) is 5.10 Å². The first-order valence-electron chi connectivity index (χ1n) is 9.76. The minimum absolute atomic E-state index is 0.105. The lowest BCUT2D eigenvalue weighted by Crippen LogP contribution is -2.23. The number of hydrogen-bond donors (Lipinski definition) is 2. The molecule has 4 rings (SSSR count). The second-order valence-corrected chi connectivity index (χ2v) is 7.87. The quantitative estimate of drug-likeness (QED) is 0.546. The van der Waals surface area contributed by atoms with Gasteiger partial charge in [0.15, 0.2) is 0 Å². The van der Waals surface area contributed by atoms with E-state index in [1.165, 1.54) is 23.9 Å². The molecule has 158 valence electrons. The van der Waals surface area contributed by atoms with Crippen LogP contribution in [0.5, 0.6) is 0 Å². The van der Waals surface area contributed by atoms with Gasteiger partial charge < -0.3 is 10.2 Å². The molecule has 2 amide bonds. The number of amides is 2. The third-order valence-electron chi connectivity index (χ3n) is 4.63. The summed E-state index contributed by atoms with van der Waals surface area (Å²) in [5.41, 5.74) is 2.27. The number of halogens is 1. The topological polar surface area (TPSA) is 91.0 Å². The van der Waals surface area contributed by atoms with Gasteiger partial charge in [-0.3, -0.25) is 14.7 Å². The molecule has 9 heteroatoms. The monoisotopic (exact) mass is 437 g/mol. The van der Waals surface area contributed by atoms with Crippen molar-refractivity contribution >= 4 is 47.1 Å². The van der Waals surface area contributed by atoms with Crippen LogP contribution in [0.1, 0.15) is 24.2 Å². The number of carbonyl (C=O) groups excluding carboxylic acids is 2. The standard InChI is InChI=1S/C22H20FN5O2S/c23-16-9-6-15(7-10-16)8-11-19-25-22(27-26-19)31-14-20(29)24-17-3-1-4-18(13-17)28-12-2-5-21(28)30/h1,3-4,6-11,13H,2,5,12,14H2,(H,24,29)(H,25,26,27)/b11-8+. The Hall–Kier alpha value is -3.46. The van der Waals surface area contributed by atoms with Crippen LogP contribution in [0, 0.1) is 5.82 Å². The van der Waals surface area contributed by atoms with Crippen molar-refractivity contribution in [3.63, 3.8) is 0 Å². The van der Waals surface area contributed by atoms with Gasteiger partial charge in [-0.2, -0.15) is 0 Å². The lowest BCUT2D eigenvalue weighted by molar-refractivity contribution is -0.117. The molecular weight excluding hydrogens is 417 g/mol. The molecule has 0 aliphatic carbocycles. The van der Waals surface area contributed by atoms with Gasteiger partial charge in [0.1, 0.15) is 11.6 Å². The summed E-state index contributed by atoms with van der Waals surface area (Å²) in [5, 5.41) is 10.2. The Kier molecular flexibility index (Phi) is 6.42. The first kappa shape index (κ1) is 20.8. The SMILES string of the molecule is O=C(CSc1n[nH]c(/C=C/c2ccc(F)cc2)n1)Nc1cccc(N2CCCC2=O)c1. The molecule has 1 fully saturated rings.